The third-order valence-electron chi connectivity index (χ3n) is 17.1. The number of halogens is 1. The quantitative estimate of drug-likeness (QED) is 0.0466. The van der Waals surface area contributed by atoms with Gasteiger partial charge in [0.25, 0.3) is 5.91 Å². The first-order chi connectivity index (χ1) is 56.3. The Morgan fingerprint density at radius 2 is 0.957 bits per heavy atom. The molecule has 0 aliphatic carbocycles. The van der Waals surface area contributed by atoms with Gasteiger partial charge in [-0.1, -0.05) is 17.5 Å². The highest BCUT2D eigenvalue weighted by Crippen LogP contribution is 2.35. The molecular formula is C77H129ClN10O26S. The minimum atomic E-state index is -3.68. The summed E-state index contributed by atoms with van der Waals surface area (Å²) in [5.41, 5.74) is 2.57. The lowest BCUT2D eigenvalue weighted by Gasteiger charge is -2.35. The number of hydrogen-bond donors (Lipinski definition) is 4. The summed E-state index contributed by atoms with van der Waals surface area (Å²) in [5, 5.41) is 14.4. The number of nitrogens with zero attached hydrogens (tertiary/aromatic N) is 6. The fraction of sp³-hybridized carbons (Fsp3) is 0.766. The molecule has 1 aromatic carbocycles. The summed E-state index contributed by atoms with van der Waals surface area (Å²) in [5.74, 6) is 1.68. The number of likely N-dealkylation sites (tertiary alicyclic amines) is 1. The predicted octanol–water partition coefficient (Wildman–Crippen LogP) is 2.42. The molecule has 2 saturated heterocycles. The zero-order valence-corrected chi connectivity index (χ0v) is 69.5. The van der Waals surface area contributed by atoms with Crippen molar-refractivity contribution in [1.82, 2.24) is 40.3 Å². The van der Waals surface area contributed by atoms with Gasteiger partial charge in [-0.05, 0) is 70.2 Å². The second kappa shape index (κ2) is 66.1. The number of nitrogens with one attached hydrogen (secondary N) is 4. The predicted molar refractivity (Wildman–Crippen MR) is 427 cm³/mol. The average molecular weight is 1680 g/mol. The lowest BCUT2D eigenvalue weighted by Crippen LogP contribution is -2.46. The van der Waals surface area contributed by atoms with Gasteiger partial charge in [0.15, 0.2) is 5.65 Å². The van der Waals surface area contributed by atoms with Gasteiger partial charge in [-0.3, -0.25) is 23.9 Å². The monoisotopic (exact) mass is 1680 g/mol. The van der Waals surface area contributed by atoms with E-state index < -0.39 is 21.8 Å². The van der Waals surface area contributed by atoms with Gasteiger partial charge in [0.05, 0.1) is 280 Å². The number of piperidine rings is 1. The van der Waals surface area contributed by atoms with Crippen LogP contribution in [0, 0.1) is 19.3 Å². The molecule has 0 spiro atoms. The van der Waals surface area contributed by atoms with Gasteiger partial charge in [0.1, 0.15) is 25.5 Å². The molecule has 4 amide bonds. The van der Waals surface area contributed by atoms with E-state index in [4.69, 9.17) is 123 Å². The smallest absolute Gasteiger partial charge is 0.256 e. The van der Waals surface area contributed by atoms with Gasteiger partial charge in [-0.25, -0.2) is 17.9 Å². The van der Waals surface area contributed by atoms with Crippen LogP contribution in [0.1, 0.15) is 72.6 Å². The Hall–Kier alpha value is -5.72. The first-order valence-corrected chi connectivity index (χ1v) is 42.2. The molecule has 656 valence electrons. The number of benzene rings is 1. The normalized spacial score (nSPS) is 14.5. The molecule has 0 saturated carbocycles. The zero-order chi connectivity index (χ0) is 82.1. The third-order valence-corrected chi connectivity index (χ3v) is 17.9. The number of aromatic nitrogens is 3. The van der Waals surface area contributed by atoms with E-state index in [0.717, 1.165) is 43.4 Å². The molecule has 2 aliphatic rings. The van der Waals surface area contributed by atoms with Crippen molar-refractivity contribution in [2.45, 2.75) is 64.0 Å². The topological polar surface area (TPSA) is 375 Å². The van der Waals surface area contributed by atoms with E-state index in [9.17, 15) is 27.6 Å². The van der Waals surface area contributed by atoms with Crippen LogP contribution in [0.15, 0.2) is 30.5 Å². The number of methoxy groups -OCH3 is 1. The molecule has 0 bridgehead atoms. The number of unbranched alkanes of at least 4 members (excludes halogenated alkanes) is 1. The van der Waals surface area contributed by atoms with Crippen LogP contribution in [0.3, 0.4) is 0 Å². The summed E-state index contributed by atoms with van der Waals surface area (Å²) in [6, 6.07) is 6.22. The van der Waals surface area contributed by atoms with Crippen molar-refractivity contribution in [2.75, 3.05) is 333 Å². The fourth-order valence-corrected chi connectivity index (χ4v) is 12.2. The number of anilines is 2. The van der Waals surface area contributed by atoms with Crippen molar-refractivity contribution in [1.29, 1.82) is 0 Å². The Morgan fingerprint density at radius 1 is 0.539 bits per heavy atom. The van der Waals surface area contributed by atoms with Crippen LogP contribution in [0.4, 0.5) is 11.5 Å². The number of amides is 4. The maximum Gasteiger partial charge on any atom is 0.256 e. The van der Waals surface area contributed by atoms with Gasteiger partial charge in [0, 0.05) is 75.1 Å². The highest BCUT2D eigenvalue weighted by atomic mass is 35.5. The molecule has 3 aromatic rings. The fourth-order valence-electron chi connectivity index (χ4n) is 11.4. The summed E-state index contributed by atoms with van der Waals surface area (Å²) in [4.78, 5) is 64.8. The van der Waals surface area contributed by atoms with Crippen LogP contribution >= 0.6 is 11.6 Å². The Labute approximate surface area is 683 Å². The van der Waals surface area contributed by atoms with Gasteiger partial charge in [0.2, 0.25) is 27.7 Å². The second-order valence-electron chi connectivity index (χ2n) is 26.3. The van der Waals surface area contributed by atoms with Crippen LogP contribution in [-0.4, -0.2) is 386 Å². The number of sulfonamides is 1. The molecule has 2 atom stereocenters. The van der Waals surface area contributed by atoms with Gasteiger partial charge < -0.3 is 125 Å². The van der Waals surface area contributed by atoms with Crippen LogP contribution < -0.4 is 25.6 Å². The van der Waals surface area contributed by atoms with Crippen molar-refractivity contribution >= 4 is 62.4 Å². The standard InChI is InChI=1S/C77H129ClN10O26S/c1-5-20-96-25-28-100-33-36-104-41-44-108-49-50-109-45-42-105-37-34-101-29-26-97-21-16-80-73(89)63-86(64-74(90)81-17-22-98-27-30-102-35-38-106-43-46-110-51-52-112-55-56-114-58-57-113-54-53-111-48-47-107-40-39-103-32-31-99-24-23-95-3)75(91)11-6-8-15-79-67-14-19-85(62-67)76-65(2)61-88-72(82-76)60-70(83-88)71-10-7-9-18-87(71)77(92)68-59-66(78)12-13-69(68)84-115(4,93)94/h1,12-13,59-61,67,71,79,84H,6-11,14-58,62-64H2,2-4H3,(H,80,89)(H,81,90)/t67-,71-/m0/s1. The van der Waals surface area contributed by atoms with E-state index in [2.05, 4.69) is 31.5 Å². The molecule has 115 heavy (non-hydrogen) atoms. The van der Waals surface area contributed by atoms with Crippen LogP contribution in [0.2, 0.25) is 5.02 Å². The minimum Gasteiger partial charge on any atom is -0.382 e. The van der Waals surface area contributed by atoms with E-state index in [1.807, 2.05) is 19.2 Å². The summed E-state index contributed by atoms with van der Waals surface area (Å²) in [6.45, 7) is 20.7. The summed E-state index contributed by atoms with van der Waals surface area (Å²) in [7, 11) is -2.04. The Kier molecular flexibility index (Phi) is 57.4. The molecule has 38 heteroatoms. The third kappa shape index (κ3) is 48.8. The molecule has 2 fully saturated rings. The van der Waals surface area contributed by atoms with Gasteiger partial charge in [-0.15, -0.1) is 6.42 Å². The molecule has 4 N–H and O–H groups in total. The molecule has 2 aliphatic heterocycles. The number of fused-ring (bicyclic) bond motifs is 1. The maximum atomic E-state index is 14.2. The largest absolute Gasteiger partial charge is 0.382 e. The second-order valence-corrected chi connectivity index (χ2v) is 28.4. The maximum absolute atomic E-state index is 14.2. The minimum absolute atomic E-state index is 0.126. The Bertz CT molecular complexity index is 3190. The molecule has 4 heterocycles. The summed E-state index contributed by atoms with van der Waals surface area (Å²) in [6.07, 6.45) is 12.6. The SMILES string of the molecule is C#CCOCCOCCOCCOCCOCCOCCOCCOCCNC(=O)CN(CC(=O)NCCOCCOCCOCCOCCOCCOCCOCCOCCOCCOCCOCCOC)C(=O)CCCCN[C@H]1CCN(c2nc3cc([C@@H]4CCCCN4C(=O)c4cc(Cl)ccc4NS(C)(=O)=O)nn3cc2C)C1. The van der Waals surface area contributed by atoms with Crippen molar-refractivity contribution in [3.05, 3.63) is 52.3 Å². The van der Waals surface area contributed by atoms with Crippen LogP contribution in [-0.2, 0) is 119 Å². The van der Waals surface area contributed by atoms with Crippen molar-refractivity contribution in [2.24, 2.45) is 0 Å². The van der Waals surface area contributed by atoms with Crippen LogP contribution in [0.5, 0.6) is 0 Å². The number of rotatable bonds is 76. The summed E-state index contributed by atoms with van der Waals surface area (Å²) < 4.78 is 138. The van der Waals surface area contributed by atoms with Crippen molar-refractivity contribution < 1.29 is 122 Å². The number of hydrogen-bond acceptors (Lipinski definition) is 30. The van der Waals surface area contributed by atoms with Gasteiger partial charge >= 0.3 is 0 Å². The summed E-state index contributed by atoms with van der Waals surface area (Å²) >= 11 is 6.33. The Balaban J connectivity index is 0.910. The molecule has 2 aromatic heterocycles. The molecule has 36 nitrogen and oxygen atoms in total. The molecular weight excluding hydrogens is 1550 g/mol. The van der Waals surface area contributed by atoms with Crippen LogP contribution in [0.25, 0.3) is 5.65 Å². The number of ether oxygens (including phenoxy) is 20. The number of terminal acetylenes is 1. The Morgan fingerprint density at radius 3 is 1.37 bits per heavy atom. The van der Waals surface area contributed by atoms with Crippen molar-refractivity contribution in [3.63, 3.8) is 0 Å². The van der Waals surface area contributed by atoms with E-state index in [-0.39, 0.29) is 87.6 Å². The van der Waals surface area contributed by atoms with E-state index >= 15 is 0 Å². The lowest BCUT2D eigenvalue weighted by molar-refractivity contribution is -0.139. The highest BCUT2D eigenvalue weighted by Gasteiger charge is 2.33. The number of carbonyl (C=O) groups excluding carboxylic acids is 4. The van der Waals surface area contributed by atoms with E-state index in [0.29, 0.717) is 293 Å². The number of aryl methyl sites for hydroxylation is 1. The average Bonchev–Trinajstić information content (AvgIpc) is 1.67. The molecule has 0 radical (unpaired) electrons. The first kappa shape index (κ1) is 99.8. The van der Waals surface area contributed by atoms with E-state index in [1.54, 1.807) is 16.5 Å². The first-order valence-electron chi connectivity index (χ1n) is 39.9. The number of carbonyl (C=O) groups is 4. The van der Waals surface area contributed by atoms with E-state index in [1.165, 1.54) is 23.1 Å². The van der Waals surface area contributed by atoms with Crippen molar-refractivity contribution in [3.8, 4) is 12.3 Å². The highest BCUT2D eigenvalue weighted by molar-refractivity contribution is 7.92. The molecule has 0 unspecified atom stereocenters. The molecule has 5 rings (SSSR count). The zero-order valence-electron chi connectivity index (χ0n) is 67.9. The van der Waals surface area contributed by atoms with Gasteiger partial charge in [-0.2, -0.15) is 5.10 Å². The lowest BCUT2D eigenvalue weighted by atomic mass is 9.98.